The Morgan fingerprint density at radius 1 is 1.13 bits per heavy atom. The topological polar surface area (TPSA) is 88.0 Å². The Labute approximate surface area is 174 Å². The van der Waals surface area contributed by atoms with Crippen molar-refractivity contribution in [2.45, 2.75) is 50.9 Å². The maximum absolute atomic E-state index is 13.0. The third-order valence-corrected chi connectivity index (χ3v) is 7.62. The predicted octanol–water partition coefficient (Wildman–Crippen LogP) is 4.54. The van der Waals surface area contributed by atoms with Crippen LogP contribution in [-0.2, 0) is 5.41 Å². The van der Waals surface area contributed by atoms with Gasteiger partial charge in [0.15, 0.2) is 0 Å². The summed E-state index contributed by atoms with van der Waals surface area (Å²) in [5.74, 6) is 3.98. The van der Waals surface area contributed by atoms with Gasteiger partial charge in [-0.2, -0.15) is 0 Å². The number of benzene rings is 1. The lowest BCUT2D eigenvalue weighted by Gasteiger charge is -2.55. The van der Waals surface area contributed by atoms with Crippen LogP contribution in [0.3, 0.4) is 0 Å². The molecule has 154 valence electrons. The van der Waals surface area contributed by atoms with Crippen LogP contribution in [0.1, 0.15) is 60.4 Å². The van der Waals surface area contributed by atoms with E-state index in [4.69, 9.17) is 4.42 Å². The summed E-state index contributed by atoms with van der Waals surface area (Å²) in [6, 6.07) is 7.12. The van der Waals surface area contributed by atoms with Crippen molar-refractivity contribution in [3.05, 3.63) is 58.0 Å². The highest BCUT2D eigenvalue weighted by atomic mass is 16.3. The van der Waals surface area contributed by atoms with Crippen molar-refractivity contribution in [1.29, 1.82) is 0 Å². The minimum atomic E-state index is -0.191. The van der Waals surface area contributed by atoms with Crippen molar-refractivity contribution >= 4 is 22.5 Å². The Hall–Kier alpha value is -2.89. The SMILES string of the molecule is Cc1oc(C23CC4CC(CC(C4)C2)C3)cc1C(=O)Nc1ccc2c(=O)[nH]cnc2c1. The second-order valence-electron chi connectivity index (χ2n) is 9.70. The Morgan fingerprint density at radius 2 is 1.83 bits per heavy atom. The number of furan rings is 1. The van der Waals surface area contributed by atoms with E-state index in [9.17, 15) is 9.59 Å². The van der Waals surface area contributed by atoms with Crippen LogP contribution >= 0.6 is 0 Å². The zero-order chi connectivity index (χ0) is 20.5. The predicted molar refractivity (Wildman–Crippen MR) is 114 cm³/mol. The average Bonchev–Trinajstić information content (AvgIpc) is 3.10. The first-order valence-electron chi connectivity index (χ1n) is 10.9. The first-order valence-corrected chi connectivity index (χ1v) is 10.9. The second kappa shape index (κ2) is 6.30. The fourth-order valence-electron chi connectivity index (χ4n) is 6.73. The smallest absolute Gasteiger partial charge is 0.259 e. The van der Waals surface area contributed by atoms with Crippen molar-refractivity contribution in [3.63, 3.8) is 0 Å². The van der Waals surface area contributed by atoms with Crippen LogP contribution in [-0.4, -0.2) is 15.9 Å². The largest absolute Gasteiger partial charge is 0.465 e. The summed E-state index contributed by atoms with van der Waals surface area (Å²) in [5, 5.41) is 3.45. The molecule has 1 aromatic carbocycles. The number of aromatic nitrogens is 2. The zero-order valence-electron chi connectivity index (χ0n) is 17.0. The molecule has 0 saturated heterocycles. The van der Waals surface area contributed by atoms with Gasteiger partial charge in [0.05, 0.1) is 22.8 Å². The number of nitrogens with one attached hydrogen (secondary N) is 2. The van der Waals surface area contributed by atoms with Gasteiger partial charge in [-0.05, 0) is 87.5 Å². The van der Waals surface area contributed by atoms with Crippen LogP contribution in [0.2, 0.25) is 0 Å². The molecule has 4 saturated carbocycles. The summed E-state index contributed by atoms with van der Waals surface area (Å²) in [6.07, 6.45) is 9.13. The molecule has 2 aromatic heterocycles. The van der Waals surface area contributed by atoms with E-state index in [0.29, 0.717) is 27.9 Å². The van der Waals surface area contributed by atoms with Crippen LogP contribution in [0.5, 0.6) is 0 Å². The van der Waals surface area contributed by atoms with Crippen LogP contribution in [0.4, 0.5) is 5.69 Å². The molecule has 3 aromatic rings. The molecular formula is C24H25N3O3. The molecule has 4 aliphatic rings. The summed E-state index contributed by atoms with van der Waals surface area (Å²) in [6.45, 7) is 1.88. The lowest BCUT2D eigenvalue weighted by atomic mass is 9.49. The third-order valence-electron chi connectivity index (χ3n) is 7.62. The van der Waals surface area contributed by atoms with Crippen LogP contribution in [0.15, 0.2) is 39.8 Å². The molecule has 0 spiro atoms. The van der Waals surface area contributed by atoms with Crippen molar-refractivity contribution in [2.24, 2.45) is 17.8 Å². The summed E-state index contributed by atoms with van der Waals surface area (Å²) >= 11 is 0. The van der Waals surface area contributed by atoms with Gasteiger partial charge in [-0.1, -0.05) is 0 Å². The lowest BCUT2D eigenvalue weighted by Crippen LogP contribution is -2.48. The number of hydrogen-bond donors (Lipinski definition) is 2. The Kier molecular flexibility index (Phi) is 3.77. The molecule has 6 nitrogen and oxygen atoms in total. The van der Waals surface area contributed by atoms with Gasteiger partial charge in [-0.25, -0.2) is 4.98 Å². The highest BCUT2D eigenvalue weighted by Gasteiger charge is 2.53. The highest BCUT2D eigenvalue weighted by molar-refractivity contribution is 6.05. The zero-order valence-corrected chi connectivity index (χ0v) is 17.0. The Bertz CT molecular complexity index is 1190. The van der Waals surface area contributed by atoms with E-state index in [1.165, 1.54) is 44.9 Å². The highest BCUT2D eigenvalue weighted by Crippen LogP contribution is 2.61. The number of carbonyl (C=O) groups excluding carboxylic acids is 1. The molecule has 30 heavy (non-hydrogen) atoms. The molecule has 0 aliphatic heterocycles. The first-order chi connectivity index (χ1) is 14.5. The number of anilines is 1. The fourth-order valence-corrected chi connectivity index (χ4v) is 6.73. The standard InChI is InChI=1S/C24H25N3O3/c1-13-19(23(29)27-17-2-3-18-20(7-17)25-12-26-22(18)28)8-21(30-13)24-9-14-4-15(10-24)6-16(5-14)11-24/h2-3,7-8,12,14-16H,4-6,9-11H2,1H3,(H,27,29)(H,25,26,28). The van der Waals surface area contributed by atoms with Gasteiger partial charge in [0.2, 0.25) is 0 Å². The van der Waals surface area contributed by atoms with Crippen molar-refractivity contribution in [1.82, 2.24) is 9.97 Å². The molecule has 4 aliphatic carbocycles. The number of amides is 1. The van der Waals surface area contributed by atoms with Crippen molar-refractivity contribution < 1.29 is 9.21 Å². The summed E-state index contributed by atoms with van der Waals surface area (Å²) in [4.78, 5) is 31.6. The van der Waals surface area contributed by atoms with E-state index < -0.39 is 0 Å². The number of carbonyl (C=O) groups is 1. The number of H-pyrrole nitrogens is 1. The number of aryl methyl sites for hydroxylation is 1. The van der Waals surface area contributed by atoms with E-state index >= 15 is 0 Å². The average molecular weight is 403 g/mol. The molecule has 1 amide bonds. The van der Waals surface area contributed by atoms with E-state index in [0.717, 1.165) is 23.5 Å². The van der Waals surface area contributed by atoms with Gasteiger partial charge < -0.3 is 14.7 Å². The van der Waals surface area contributed by atoms with Gasteiger partial charge in [0.25, 0.3) is 11.5 Å². The van der Waals surface area contributed by atoms with Gasteiger partial charge in [0.1, 0.15) is 11.5 Å². The van der Waals surface area contributed by atoms with Crippen LogP contribution in [0, 0.1) is 24.7 Å². The van der Waals surface area contributed by atoms with Gasteiger partial charge in [-0.15, -0.1) is 0 Å². The molecule has 2 N–H and O–H groups in total. The van der Waals surface area contributed by atoms with Gasteiger partial charge in [0, 0.05) is 11.1 Å². The quantitative estimate of drug-likeness (QED) is 0.672. The van der Waals surface area contributed by atoms with E-state index in [-0.39, 0.29) is 16.9 Å². The fraction of sp³-hybridized carbons (Fsp3) is 0.458. The Morgan fingerprint density at radius 3 is 2.53 bits per heavy atom. The molecule has 0 unspecified atom stereocenters. The number of fused-ring (bicyclic) bond motifs is 1. The maximum Gasteiger partial charge on any atom is 0.259 e. The normalized spacial score (nSPS) is 29.4. The molecular weight excluding hydrogens is 378 g/mol. The molecule has 4 bridgehead atoms. The summed E-state index contributed by atoms with van der Waals surface area (Å²) < 4.78 is 6.23. The van der Waals surface area contributed by atoms with Gasteiger partial charge in [-0.3, -0.25) is 9.59 Å². The molecule has 2 heterocycles. The van der Waals surface area contributed by atoms with Crippen molar-refractivity contribution in [2.75, 3.05) is 5.32 Å². The number of hydrogen-bond acceptors (Lipinski definition) is 4. The molecule has 0 radical (unpaired) electrons. The number of aromatic amines is 1. The van der Waals surface area contributed by atoms with Crippen molar-refractivity contribution in [3.8, 4) is 0 Å². The second-order valence-corrected chi connectivity index (χ2v) is 9.70. The number of nitrogens with zero attached hydrogens (tertiary/aromatic N) is 1. The third kappa shape index (κ3) is 2.73. The lowest BCUT2D eigenvalue weighted by molar-refractivity contribution is -0.0154. The molecule has 6 heteroatoms. The summed E-state index contributed by atoms with van der Waals surface area (Å²) in [7, 11) is 0. The number of rotatable bonds is 3. The molecule has 7 rings (SSSR count). The summed E-state index contributed by atoms with van der Waals surface area (Å²) in [5.41, 5.74) is 1.70. The molecule has 4 fully saturated rings. The maximum atomic E-state index is 13.0. The first kappa shape index (κ1) is 17.9. The van der Waals surface area contributed by atoms with Crippen LogP contribution in [0.25, 0.3) is 10.9 Å². The van der Waals surface area contributed by atoms with Crippen LogP contribution < -0.4 is 10.9 Å². The molecule has 0 atom stereocenters. The van der Waals surface area contributed by atoms with E-state index in [1.54, 1.807) is 18.2 Å². The van der Waals surface area contributed by atoms with E-state index in [2.05, 4.69) is 15.3 Å². The minimum Gasteiger partial charge on any atom is -0.465 e. The Balaban J connectivity index is 1.28. The monoisotopic (exact) mass is 403 g/mol. The van der Waals surface area contributed by atoms with E-state index in [1.807, 2.05) is 13.0 Å². The minimum absolute atomic E-state index is 0.131. The van der Waals surface area contributed by atoms with Gasteiger partial charge >= 0.3 is 0 Å².